The molecular formula is C17H20N2O. The van der Waals surface area contributed by atoms with Crippen molar-refractivity contribution in [3.63, 3.8) is 0 Å². The standard InChI is InChI=1S/C17H20N2O/c1-19(2)12-13-20-17-11-7-6-8-15(17)14-18-16-9-4-3-5-10-16/h3-11,14H,12-13H2,1-2H3. The van der Waals surface area contributed by atoms with Crippen LogP contribution in [-0.4, -0.2) is 38.4 Å². The molecule has 2 aromatic carbocycles. The van der Waals surface area contributed by atoms with Crippen molar-refractivity contribution in [3.8, 4) is 5.75 Å². The van der Waals surface area contributed by atoms with E-state index in [-0.39, 0.29) is 0 Å². The fourth-order valence-electron chi connectivity index (χ4n) is 1.71. The second kappa shape index (κ2) is 7.46. The van der Waals surface area contributed by atoms with Crippen LogP contribution in [0.25, 0.3) is 0 Å². The third-order valence-corrected chi connectivity index (χ3v) is 2.82. The first-order chi connectivity index (χ1) is 9.75. The highest BCUT2D eigenvalue weighted by Crippen LogP contribution is 2.17. The van der Waals surface area contributed by atoms with Gasteiger partial charge in [-0.1, -0.05) is 30.3 Å². The summed E-state index contributed by atoms with van der Waals surface area (Å²) in [6, 6.07) is 17.9. The molecule has 0 radical (unpaired) electrons. The Kier molecular flexibility index (Phi) is 5.33. The maximum atomic E-state index is 5.80. The van der Waals surface area contributed by atoms with Crippen LogP contribution in [0.2, 0.25) is 0 Å². The Labute approximate surface area is 120 Å². The molecule has 0 aromatic heterocycles. The van der Waals surface area contributed by atoms with Gasteiger partial charge in [-0.2, -0.15) is 0 Å². The first kappa shape index (κ1) is 14.3. The number of nitrogens with zero attached hydrogens (tertiary/aromatic N) is 2. The molecule has 0 amide bonds. The van der Waals surface area contributed by atoms with E-state index in [1.807, 2.05) is 74.9 Å². The molecule has 0 atom stereocenters. The molecule has 0 spiro atoms. The number of rotatable bonds is 6. The summed E-state index contributed by atoms with van der Waals surface area (Å²) >= 11 is 0. The van der Waals surface area contributed by atoms with Crippen LogP contribution in [0, 0.1) is 0 Å². The molecule has 2 rings (SSSR count). The van der Waals surface area contributed by atoms with Crippen molar-refractivity contribution in [3.05, 3.63) is 60.2 Å². The molecule has 0 bridgehead atoms. The maximum absolute atomic E-state index is 5.80. The lowest BCUT2D eigenvalue weighted by Gasteiger charge is -2.12. The van der Waals surface area contributed by atoms with Crippen molar-refractivity contribution in [1.82, 2.24) is 4.90 Å². The van der Waals surface area contributed by atoms with E-state index in [2.05, 4.69) is 9.89 Å². The second-order valence-electron chi connectivity index (χ2n) is 4.78. The van der Waals surface area contributed by atoms with E-state index in [1.165, 1.54) is 0 Å². The summed E-state index contributed by atoms with van der Waals surface area (Å²) in [5, 5.41) is 0. The minimum atomic E-state index is 0.670. The van der Waals surface area contributed by atoms with E-state index in [4.69, 9.17) is 4.74 Å². The molecule has 3 heteroatoms. The minimum Gasteiger partial charge on any atom is -0.492 e. The quantitative estimate of drug-likeness (QED) is 0.750. The third kappa shape index (κ3) is 4.52. The van der Waals surface area contributed by atoms with E-state index in [9.17, 15) is 0 Å². The van der Waals surface area contributed by atoms with Gasteiger partial charge < -0.3 is 9.64 Å². The number of hydrogen-bond acceptors (Lipinski definition) is 3. The number of hydrogen-bond donors (Lipinski definition) is 0. The van der Waals surface area contributed by atoms with Gasteiger partial charge in [0.15, 0.2) is 0 Å². The molecule has 0 saturated carbocycles. The number of likely N-dealkylation sites (N-methyl/N-ethyl adjacent to an activating group) is 1. The maximum Gasteiger partial charge on any atom is 0.128 e. The summed E-state index contributed by atoms with van der Waals surface area (Å²) in [5.74, 6) is 0.869. The number of aliphatic imine (C=N–C) groups is 1. The average molecular weight is 268 g/mol. The van der Waals surface area contributed by atoms with Crippen molar-refractivity contribution in [2.75, 3.05) is 27.2 Å². The molecular weight excluding hydrogens is 248 g/mol. The molecule has 0 fully saturated rings. The Bertz CT molecular complexity index is 550. The van der Waals surface area contributed by atoms with Gasteiger partial charge >= 0.3 is 0 Å². The molecule has 0 aliphatic rings. The zero-order valence-corrected chi connectivity index (χ0v) is 12.0. The van der Waals surface area contributed by atoms with Gasteiger partial charge in [0.2, 0.25) is 0 Å². The van der Waals surface area contributed by atoms with Crippen LogP contribution in [0.3, 0.4) is 0 Å². The summed E-state index contributed by atoms with van der Waals surface area (Å²) in [7, 11) is 4.07. The van der Waals surface area contributed by atoms with E-state index in [1.54, 1.807) is 0 Å². The second-order valence-corrected chi connectivity index (χ2v) is 4.78. The van der Waals surface area contributed by atoms with Crippen LogP contribution in [-0.2, 0) is 0 Å². The van der Waals surface area contributed by atoms with Crippen LogP contribution < -0.4 is 4.74 Å². The molecule has 0 aliphatic carbocycles. The normalized spacial score (nSPS) is 11.2. The summed E-state index contributed by atoms with van der Waals surface area (Å²) in [4.78, 5) is 6.56. The van der Waals surface area contributed by atoms with Gasteiger partial charge in [0.05, 0.1) is 5.69 Å². The van der Waals surface area contributed by atoms with Crippen LogP contribution in [0.1, 0.15) is 5.56 Å². The Morgan fingerprint density at radius 3 is 2.45 bits per heavy atom. The molecule has 0 saturated heterocycles. The van der Waals surface area contributed by atoms with Crippen LogP contribution in [0.15, 0.2) is 59.6 Å². The molecule has 3 nitrogen and oxygen atoms in total. The predicted molar refractivity (Wildman–Crippen MR) is 84.2 cm³/mol. The molecule has 0 aliphatic heterocycles. The number of para-hydroxylation sites is 2. The topological polar surface area (TPSA) is 24.8 Å². The van der Waals surface area contributed by atoms with Crippen LogP contribution in [0.5, 0.6) is 5.75 Å². The summed E-state index contributed by atoms with van der Waals surface area (Å²) in [6.45, 7) is 1.56. The lowest BCUT2D eigenvalue weighted by Crippen LogP contribution is -2.19. The summed E-state index contributed by atoms with van der Waals surface area (Å²) in [6.07, 6.45) is 1.85. The van der Waals surface area contributed by atoms with E-state index >= 15 is 0 Å². The van der Waals surface area contributed by atoms with Gasteiger partial charge in [-0.15, -0.1) is 0 Å². The lowest BCUT2D eigenvalue weighted by atomic mass is 10.2. The van der Waals surface area contributed by atoms with Gasteiger partial charge in [0.25, 0.3) is 0 Å². The van der Waals surface area contributed by atoms with Crippen molar-refractivity contribution in [2.24, 2.45) is 4.99 Å². The SMILES string of the molecule is CN(C)CCOc1ccccc1C=Nc1ccccc1. The summed E-state index contributed by atoms with van der Waals surface area (Å²) < 4.78 is 5.80. The first-order valence-electron chi connectivity index (χ1n) is 6.71. The van der Waals surface area contributed by atoms with Crippen molar-refractivity contribution in [2.45, 2.75) is 0 Å². The zero-order chi connectivity index (χ0) is 14.2. The fourth-order valence-corrected chi connectivity index (χ4v) is 1.71. The van der Waals surface area contributed by atoms with Gasteiger partial charge in [-0.25, -0.2) is 0 Å². The van der Waals surface area contributed by atoms with Gasteiger partial charge in [-0.05, 0) is 38.4 Å². The Morgan fingerprint density at radius 1 is 1.00 bits per heavy atom. The predicted octanol–water partition coefficient (Wildman–Crippen LogP) is 3.38. The van der Waals surface area contributed by atoms with Gasteiger partial charge in [0, 0.05) is 18.3 Å². The molecule has 104 valence electrons. The fraction of sp³-hybridized carbons (Fsp3) is 0.235. The monoisotopic (exact) mass is 268 g/mol. The Morgan fingerprint density at radius 2 is 1.70 bits per heavy atom. The van der Waals surface area contributed by atoms with Crippen molar-refractivity contribution in [1.29, 1.82) is 0 Å². The summed E-state index contributed by atoms with van der Waals surface area (Å²) in [5.41, 5.74) is 1.94. The molecule has 0 heterocycles. The third-order valence-electron chi connectivity index (χ3n) is 2.82. The first-order valence-corrected chi connectivity index (χ1v) is 6.71. The van der Waals surface area contributed by atoms with Crippen molar-refractivity contribution < 1.29 is 4.74 Å². The Balaban J connectivity index is 2.06. The Hall–Kier alpha value is -2.13. The molecule has 0 unspecified atom stereocenters. The molecule has 2 aromatic rings. The largest absolute Gasteiger partial charge is 0.492 e. The highest BCUT2D eigenvalue weighted by Gasteiger charge is 2.00. The van der Waals surface area contributed by atoms with Crippen LogP contribution in [0.4, 0.5) is 5.69 Å². The zero-order valence-electron chi connectivity index (χ0n) is 12.0. The van der Waals surface area contributed by atoms with Crippen molar-refractivity contribution >= 4 is 11.9 Å². The molecule has 20 heavy (non-hydrogen) atoms. The minimum absolute atomic E-state index is 0.670. The number of benzene rings is 2. The van der Waals surface area contributed by atoms with E-state index < -0.39 is 0 Å². The average Bonchev–Trinajstić information content (AvgIpc) is 2.47. The van der Waals surface area contributed by atoms with E-state index in [0.29, 0.717) is 6.61 Å². The smallest absolute Gasteiger partial charge is 0.128 e. The van der Waals surface area contributed by atoms with Gasteiger partial charge in [-0.3, -0.25) is 4.99 Å². The highest BCUT2D eigenvalue weighted by molar-refractivity contribution is 5.85. The van der Waals surface area contributed by atoms with Crippen LogP contribution >= 0.6 is 0 Å². The number of ether oxygens (including phenoxy) is 1. The van der Waals surface area contributed by atoms with E-state index in [0.717, 1.165) is 23.5 Å². The molecule has 0 N–H and O–H groups in total. The lowest BCUT2D eigenvalue weighted by molar-refractivity contribution is 0.261. The van der Waals surface area contributed by atoms with Gasteiger partial charge in [0.1, 0.15) is 12.4 Å². The highest BCUT2D eigenvalue weighted by atomic mass is 16.5.